The van der Waals surface area contributed by atoms with Crippen molar-refractivity contribution < 1.29 is 4.74 Å². The fraction of sp³-hybridized carbons (Fsp3) is 0.0638. The Kier molecular flexibility index (Phi) is 6.22. The lowest BCUT2D eigenvalue weighted by atomic mass is 9.73. The topological polar surface area (TPSA) is 15.7 Å². The molecule has 0 aromatic heterocycles. The van der Waals surface area contributed by atoms with Gasteiger partial charge in [-0.05, 0) is 86.9 Å². The molecule has 0 N–H and O–H groups in total. The van der Waals surface area contributed by atoms with E-state index in [-0.39, 0.29) is 5.41 Å². The summed E-state index contributed by atoms with van der Waals surface area (Å²) in [5.74, 6) is 1.75. The van der Waals surface area contributed by atoms with E-state index in [1.807, 2.05) is 0 Å². The van der Waals surface area contributed by atoms with Crippen molar-refractivity contribution in [2.75, 3.05) is 9.80 Å². The molecule has 10 rings (SSSR count). The SMILES string of the molecule is CC1(C)c2ccc(N(c3ccc(-c4ccccc4)cc3)c3ccc4ccccc4c3)cc2N2c3c(cccc31)Oc1ccc3ccccc3c12. The van der Waals surface area contributed by atoms with E-state index in [1.165, 1.54) is 49.5 Å². The molecule has 2 aliphatic rings. The van der Waals surface area contributed by atoms with Crippen LogP contribution in [-0.4, -0.2) is 0 Å². The predicted octanol–water partition coefficient (Wildman–Crippen LogP) is 13.3. The Bertz CT molecular complexity index is 2610. The summed E-state index contributed by atoms with van der Waals surface area (Å²) in [5.41, 5.74) is 11.4. The fourth-order valence-electron chi connectivity index (χ4n) is 8.07. The Labute approximate surface area is 292 Å². The molecule has 0 atom stereocenters. The Balaban J connectivity index is 1.21. The van der Waals surface area contributed by atoms with Crippen LogP contribution in [0.4, 0.5) is 34.1 Å². The molecule has 0 bridgehead atoms. The molecule has 0 fully saturated rings. The van der Waals surface area contributed by atoms with Crippen LogP contribution in [-0.2, 0) is 5.41 Å². The van der Waals surface area contributed by atoms with Crippen LogP contribution in [0.1, 0.15) is 25.0 Å². The van der Waals surface area contributed by atoms with Crippen molar-refractivity contribution in [1.29, 1.82) is 0 Å². The second-order valence-corrected chi connectivity index (χ2v) is 13.8. The van der Waals surface area contributed by atoms with Crippen LogP contribution >= 0.6 is 0 Å². The molecule has 2 heterocycles. The molecule has 0 aliphatic carbocycles. The number of ether oxygens (including phenoxy) is 1. The van der Waals surface area contributed by atoms with Gasteiger partial charge < -0.3 is 14.5 Å². The highest BCUT2D eigenvalue weighted by Gasteiger charge is 2.42. The molecule has 238 valence electrons. The molecular weight excluding hydrogens is 609 g/mol. The van der Waals surface area contributed by atoms with Gasteiger partial charge >= 0.3 is 0 Å². The van der Waals surface area contributed by atoms with Gasteiger partial charge in [0.15, 0.2) is 11.5 Å². The highest BCUT2D eigenvalue weighted by Crippen LogP contribution is 2.61. The van der Waals surface area contributed by atoms with Crippen LogP contribution in [0.25, 0.3) is 32.7 Å². The van der Waals surface area contributed by atoms with E-state index in [9.17, 15) is 0 Å². The van der Waals surface area contributed by atoms with Gasteiger partial charge in [0.2, 0.25) is 0 Å². The van der Waals surface area contributed by atoms with E-state index in [4.69, 9.17) is 4.74 Å². The zero-order valence-electron chi connectivity index (χ0n) is 28.0. The van der Waals surface area contributed by atoms with E-state index < -0.39 is 0 Å². The molecule has 50 heavy (non-hydrogen) atoms. The first kappa shape index (κ1) is 28.7. The van der Waals surface area contributed by atoms with Gasteiger partial charge in [-0.1, -0.05) is 135 Å². The summed E-state index contributed by atoms with van der Waals surface area (Å²) in [5, 5.41) is 4.80. The maximum Gasteiger partial charge on any atom is 0.152 e. The fourth-order valence-corrected chi connectivity index (χ4v) is 8.07. The third kappa shape index (κ3) is 4.30. The van der Waals surface area contributed by atoms with Gasteiger partial charge in [-0.2, -0.15) is 0 Å². The maximum atomic E-state index is 6.69. The molecule has 8 aromatic rings. The smallest absolute Gasteiger partial charge is 0.152 e. The zero-order valence-corrected chi connectivity index (χ0v) is 28.0. The molecule has 3 heteroatoms. The van der Waals surface area contributed by atoms with Crippen LogP contribution in [0.3, 0.4) is 0 Å². The van der Waals surface area contributed by atoms with Gasteiger partial charge in [0.1, 0.15) is 0 Å². The average Bonchev–Trinajstić information content (AvgIpc) is 3.17. The van der Waals surface area contributed by atoms with Crippen molar-refractivity contribution in [2.24, 2.45) is 0 Å². The summed E-state index contributed by atoms with van der Waals surface area (Å²) >= 11 is 0. The number of para-hydroxylation sites is 1. The minimum absolute atomic E-state index is 0.244. The summed E-state index contributed by atoms with van der Waals surface area (Å²) in [4.78, 5) is 4.85. The first-order valence-corrected chi connectivity index (χ1v) is 17.3. The minimum Gasteiger partial charge on any atom is -0.453 e. The van der Waals surface area contributed by atoms with Crippen LogP contribution in [0.15, 0.2) is 170 Å². The predicted molar refractivity (Wildman–Crippen MR) is 208 cm³/mol. The Hall–Kier alpha value is -6.32. The molecule has 0 spiro atoms. The molecular formula is C47H34N2O. The van der Waals surface area contributed by atoms with Crippen LogP contribution < -0.4 is 14.5 Å². The number of hydrogen-bond acceptors (Lipinski definition) is 3. The Morgan fingerprint density at radius 2 is 1.10 bits per heavy atom. The maximum absolute atomic E-state index is 6.69. The van der Waals surface area contributed by atoms with Gasteiger partial charge in [0.05, 0.1) is 17.1 Å². The van der Waals surface area contributed by atoms with Crippen molar-refractivity contribution in [1.82, 2.24) is 0 Å². The van der Waals surface area contributed by atoms with Gasteiger partial charge in [-0.25, -0.2) is 0 Å². The number of anilines is 6. The van der Waals surface area contributed by atoms with Gasteiger partial charge in [-0.3, -0.25) is 0 Å². The molecule has 2 aliphatic heterocycles. The largest absolute Gasteiger partial charge is 0.453 e. The summed E-state index contributed by atoms with van der Waals surface area (Å²) in [6.07, 6.45) is 0. The molecule has 0 unspecified atom stereocenters. The third-order valence-corrected chi connectivity index (χ3v) is 10.6. The average molecular weight is 643 g/mol. The molecule has 0 radical (unpaired) electrons. The second kappa shape index (κ2) is 10.8. The monoisotopic (exact) mass is 642 g/mol. The normalized spacial score (nSPS) is 13.7. The van der Waals surface area contributed by atoms with Crippen molar-refractivity contribution in [2.45, 2.75) is 19.3 Å². The zero-order chi connectivity index (χ0) is 33.4. The van der Waals surface area contributed by atoms with E-state index in [0.29, 0.717) is 0 Å². The lowest BCUT2D eigenvalue weighted by Crippen LogP contribution is -2.32. The Morgan fingerprint density at radius 1 is 0.460 bits per heavy atom. The van der Waals surface area contributed by atoms with E-state index in [2.05, 4.69) is 194 Å². The summed E-state index contributed by atoms with van der Waals surface area (Å²) in [7, 11) is 0. The molecule has 0 saturated carbocycles. The number of benzene rings is 8. The lowest BCUT2D eigenvalue weighted by Gasteiger charge is -2.45. The van der Waals surface area contributed by atoms with E-state index in [1.54, 1.807) is 0 Å². The summed E-state index contributed by atoms with van der Waals surface area (Å²) in [6, 6.07) is 61.3. The highest BCUT2D eigenvalue weighted by atomic mass is 16.5. The minimum atomic E-state index is -0.244. The van der Waals surface area contributed by atoms with E-state index >= 15 is 0 Å². The number of rotatable bonds is 4. The molecule has 8 aromatic carbocycles. The summed E-state index contributed by atoms with van der Waals surface area (Å²) < 4.78 is 6.69. The lowest BCUT2D eigenvalue weighted by molar-refractivity contribution is 0.472. The number of fused-ring (bicyclic) bond motifs is 7. The van der Waals surface area contributed by atoms with Gasteiger partial charge in [-0.15, -0.1) is 0 Å². The van der Waals surface area contributed by atoms with Gasteiger partial charge in [0, 0.05) is 27.9 Å². The van der Waals surface area contributed by atoms with Crippen molar-refractivity contribution >= 4 is 55.7 Å². The quantitative estimate of drug-likeness (QED) is 0.190. The standard InChI is InChI=1S/C47H34N2O/c1-47(2)40-27-26-38(30-42(40)49-45-39-16-9-8-14-34(39)22-28-44(45)50-43-18-10-17-41(47)46(43)49)48(37-25-21-32-13-6-7-15-35(32)29-37)36-23-19-33(20-24-36)31-11-4-3-5-12-31/h3-30H,1-2H3. The first-order chi connectivity index (χ1) is 24.5. The molecule has 3 nitrogen and oxygen atoms in total. The van der Waals surface area contributed by atoms with Crippen LogP contribution in [0.2, 0.25) is 0 Å². The van der Waals surface area contributed by atoms with E-state index in [0.717, 1.165) is 39.9 Å². The van der Waals surface area contributed by atoms with Crippen molar-refractivity contribution in [3.05, 3.63) is 181 Å². The number of hydrogen-bond donors (Lipinski definition) is 0. The van der Waals surface area contributed by atoms with Crippen LogP contribution in [0.5, 0.6) is 11.5 Å². The molecule has 0 amide bonds. The van der Waals surface area contributed by atoms with Crippen molar-refractivity contribution in [3.8, 4) is 22.6 Å². The highest BCUT2D eigenvalue weighted by molar-refractivity contribution is 6.06. The van der Waals surface area contributed by atoms with Crippen LogP contribution in [0, 0.1) is 0 Å². The summed E-state index contributed by atoms with van der Waals surface area (Å²) in [6.45, 7) is 4.67. The first-order valence-electron chi connectivity index (χ1n) is 17.3. The second-order valence-electron chi connectivity index (χ2n) is 13.8. The van der Waals surface area contributed by atoms with Gasteiger partial charge in [0.25, 0.3) is 0 Å². The van der Waals surface area contributed by atoms with Crippen molar-refractivity contribution in [3.63, 3.8) is 0 Å². The number of nitrogens with zero attached hydrogens (tertiary/aromatic N) is 2. The Morgan fingerprint density at radius 3 is 1.94 bits per heavy atom. The molecule has 0 saturated heterocycles. The third-order valence-electron chi connectivity index (χ3n) is 10.6.